The Labute approximate surface area is 121 Å². The molecule has 2 unspecified atom stereocenters. The Morgan fingerprint density at radius 2 is 2.05 bits per heavy atom. The van der Waals surface area contributed by atoms with Crippen LogP contribution in [0.25, 0.3) is 0 Å². The molecule has 2 atom stereocenters. The lowest BCUT2D eigenvalue weighted by Gasteiger charge is -2.22. The number of nitrogens with one attached hydrogen (secondary N) is 1. The lowest BCUT2D eigenvalue weighted by Crippen LogP contribution is -2.31. The summed E-state index contributed by atoms with van der Waals surface area (Å²) in [5, 5.41) is 3.52. The van der Waals surface area contributed by atoms with Crippen molar-refractivity contribution in [3.05, 3.63) is 29.6 Å². The zero-order chi connectivity index (χ0) is 14.5. The summed E-state index contributed by atoms with van der Waals surface area (Å²) in [7, 11) is 1.52. The van der Waals surface area contributed by atoms with Gasteiger partial charge in [0, 0.05) is 6.04 Å². The van der Waals surface area contributed by atoms with Gasteiger partial charge in [-0.3, -0.25) is 0 Å². The number of halogens is 1. The van der Waals surface area contributed by atoms with Crippen molar-refractivity contribution in [3.63, 3.8) is 0 Å². The molecule has 0 radical (unpaired) electrons. The second kappa shape index (κ2) is 7.07. The average Bonchev–Trinajstić information content (AvgIpc) is 2.86. The molecule has 112 valence electrons. The largest absolute Gasteiger partial charge is 0.494 e. The maximum Gasteiger partial charge on any atom is 0.168 e. The minimum atomic E-state index is -0.183. The molecular formula is C17H26FNO. The van der Waals surface area contributed by atoms with E-state index in [2.05, 4.69) is 19.2 Å². The van der Waals surface area contributed by atoms with Gasteiger partial charge in [-0.2, -0.15) is 0 Å². The van der Waals surface area contributed by atoms with E-state index in [1.165, 1.54) is 26.4 Å². The molecule has 0 amide bonds. The van der Waals surface area contributed by atoms with Crippen LogP contribution >= 0.6 is 0 Å². The summed E-state index contributed by atoms with van der Waals surface area (Å²) in [6.45, 7) is 5.39. The van der Waals surface area contributed by atoms with Crippen molar-refractivity contribution >= 4 is 0 Å². The van der Waals surface area contributed by atoms with E-state index >= 15 is 0 Å². The second-order valence-corrected chi connectivity index (χ2v) is 6.15. The quantitative estimate of drug-likeness (QED) is 0.855. The molecular weight excluding hydrogens is 253 g/mol. The molecule has 0 aliphatic heterocycles. The van der Waals surface area contributed by atoms with Gasteiger partial charge in [0.15, 0.2) is 11.6 Å². The molecule has 0 aromatic heterocycles. The molecule has 20 heavy (non-hydrogen) atoms. The maximum atomic E-state index is 14.2. The smallest absolute Gasteiger partial charge is 0.168 e. The van der Waals surface area contributed by atoms with E-state index < -0.39 is 0 Å². The first-order valence-corrected chi connectivity index (χ1v) is 7.66. The van der Waals surface area contributed by atoms with E-state index in [0.29, 0.717) is 23.6 Å². The molecule has 3 heteroatoms. The minimum absolute atomic E-state index is 0.183. The van der Waals surface area contributed by atoms with Crippen molar-refractivity contribution in [2.45, 2.75) is 45.6 Å². The summed E-state index contributed by atoms with van der Waals surface area (Å²) < 4.78 is 19.3. The Morgan fingerprint density at radius 3 is 2.75 bits per heavy atom. The molecule has 0 heterocycles. The summed E-state index contributed by atoms with van der Waals surface area (Å²) >= 11 is 0. The fourth-order valence-corrected chi connectivity index (χ4v) is 3.19. The van der Waals surface area contributed by atoms with Gasteiger partial charge in [-0.1, -0.05) is 32.4 Å². The lowest BCUT2D eigenvalue weighted by molar-refractivity contribution is 0.345. The molecule has 1 saturated carbocycles. The Kier molecular flexibility index (Phi) is 5.41. The van der Waals surface area contributed by atoms with Crippen LogP contribution in [0.15, 0.2) is 18.2 Å². The maximum absolute atomic E-state index is 14.2. The van der Waals surface area contributed by atoms with E-state index in [1.807, 2.05) is 12.1 Å². The number of methoxy groups -OCH3 is 1. The van der Waals surface area contributed by atoms with Crippen molar-refractivity contribution in [1.82, 2.24) is 5.32 Å². The average molecular weight is 279 g/mol. The molecule has 0 saturated heterocycles. The number of hydrogen-bond acceptors (Lipinski definition) is 2. The fraction of sp³-hybridized carbons (Fsp3) is 0.647. The summed E-state index contributed by atoms with van der Waals surface area (Å²) in [5.41, 5.74) is 0.797. The van der Waals surface area contributed by atoms with E-state index in [4.69, 9.17) is 4.74 Å². The van der Waals surface area contributed by atoms with Crippen LogP contribution in [0.1, 0.15) is 38.7 Å². The summed E-state index contributed by atoms with van der Waals surface area (Å²) in [6.07, 6.45) is 4.56. The third-order valence-electron chi connectivity index (χ3n) is 4.35. The molecule has 1 N–H and O–H groups in total. The topological polar surface area (TPSA) is 21.3 Å². The second-order valence-electron chi connectivity index (χ2n) is 6.15. The predicted octanol–water partition coefficient (Wildman–Crippen LogP) is 3.79. The number of ether oxygens (including phenoxy) is 1. The Hall–Kier alpha value is -1.09. The van der Waals surface area contributed by atoms with Crippen molar-refractivity contribution in [3.8, 4) is 5.75 Å². The van der Waals surface area contributed by atoms with Crippen LogP contribution in [0, 0.1) is 17.7 Å². The van der Waals surface area contributed by atoms with Gasteiger partial charge in [-0.05, 0) is 49.3 Å². The molecule has 2 nitrogen and oxygen atoms in total. The zero-order valence-electron chi connectivity index (χ0n) is 12.8. The Morgan fingerprint density at radius 1 is 1.30 bits per heavy atom. The highest BCUT2D eigenvalue weighted by molar-refractivity contribution is 5.31. The first-order chi connectivity index (χ1) is 9.61. The molecule has 1 aliphatic rings. The van der Waals surface area contributed by atoms with Crippen LogP contribution in [0.5, 0.6) is 5.75 Å². The van der Waals surface area contributed by atoms with Crippen molar-refractivity contribution in [2.24, 2.45) is 11.8 Å². The van der Waals surface area contributed by atoms with Crippen LogP contribution in [0.3, 0.4) is 0 Å². The van der Waals surface area contributed by atoms with E-state index in [9.17, 15) is 4.39 Å². The van der Waals surface area contributed by atoms with Crippen molar-refractivity contribution in [1.29, 1.82) is 0 Å². The standard InChI is InChI=1S/C17H26FNO/c1-12(2)19-11-15-8-4-6-13(15)10-14-7-5-9-16(20-3)17(14)18/h5,7,9,12-13,15,19H,4,6,8,10-11H2,1-3H3. The van der Waals surface area contributed by atoms with E-state index in [1.54, 1.807) is 6.07 Å². The fourth-order valence-electron chi connectivity index (χ4n) is 3.19. The highest BCUT2D eigenvalue weighted by atomic mass is 19.1. The highest BCUT2D eigenvalue weighted by Gasteiger charge is 2.28. The molecule has 1 aliphatic carbocycles. The van der Waals surface area contributed by atoms with Gasteiger partial charge in [-0.25, -0.2) is 4.39 Å². The van der Waals surface area contributed by atoms with Gasteiger partial charge < -0.3 is 10.1 Å². The van der Waals surface area contributed by atoms with E-state index in [-0.39, 0.29) is 5.82 Å². The van der Waals surface area contributed by atoms with Gasteiger partial charge in [0.25, 0.3) is 0 Å². The van der Waals surface area contributed by atoms with Gasteiger partial charge in [-0.15, -0.1) is 0 Å². The van der Waals surface area contributed by atoms with Gasteiger partial charge in [0.1, 0.15) is 0 Å². The number of rotatable bonds is 6. The monoisotopic (exact) mass is 279 g/mol. The molecule has 2 rings (SSSR count). The molecule has 1 fully saturated rings. The van der Waals surface area contributed by atoms with Crippen LogP contribution < -0.4 is 10.1 Å². The molecule has 1 aromatic carbocycles. The molecule has 0 spiro atoms. The van der Waals surface area contributed by atoms with Crippen molar-refractivity contribution in [2.75, 3.05) is 13.7 Å². The van der Waals surface area contributed by atoms with Crippen LogP contribution in [0.2, 0.25) is 0 Å². The first-order valence-electron chi connectivity index (χ1n) is 7.66. The Bertz CT molecular complexity index is 433. The van der Waals surface area contributed by atoms with Gasteiger partial charge in [0.2, 0.25) is 0 Å². The lowest BCUT2D eigenvalue weighted by atomic mass is 9.89. The zero-order valence-corrected chi connectivity index (χ0v) is 12.8. The molecule has 0 bridgehead atoms. The van der Waals surface area contributed by atoms with Gasteiger partial charge in [0.05, 0.1) is 7.11 Å². The normalized spacial score (nSPS) is 22.4. The highest BCUT2D eigenvalue weighted by Crippen LogP contribution is 2.35. The summed E-state index contributed by atoms with van der Waals surface area (Å²) in [4.78, 5) is 0. The third-order valence-corrected chi connectivity index (χ3v) is 4.35. The number of hydrogen-bond donors (Lipinski definition) is 1. The van der Waals surface area contributed by atoms with Crippen LogP contribution in [0.4, 0.5) is 4.39 Å². The minimum Gasteiger partial charge on any atom is -0.494 e. The van der Waals surface area contributed by atoms with Crippen molar-refractivity contribution < 1.29 is 9.13 Å². The molecule has 1 aromatic rings. The third kappa shape index (κ3) is 3.72. The van der Waals surface area contributed by atoms with Gasteiger partial charge >= 0.3 is 0 Å². The Balaban J connectivity index is 2.01. The summed E-state index contributed by atoms with van der Waals surface area (Å²) in [6, 6.07) is 5.98. The van der Waals surface area contributed by atoms with Crippen LogP contribution in [-0.4, -0.2) is 19.7 Å². The SMILES string of the molecule is COc1cccc(CC2CCCC2CNC(C)C)c1F. The summed E-state index contributed by atoms with van der Waals surface area (Å²) in [5.74, 6) is 1.43. The predicted molar refractivity (Wildman–Crippen MR) is 80.6 cm³/mol. The van der Waals surface area contributed by atoms with E-state index in [0.717, 1.165) is 18.5 Å². The van der Waals surface area contributed by atoms with Crippen LogP contribution in [-0.2, 0) is 6.42 Å². The first kappa shape index (κ1) is 15.3. The number of benzene rings is 1.